The number of carboxylic acid groups (broad SMARTS) is 1. The molecule has 0 aromatic heterocycles. The average molecular weight is 273 g/mol. The normalized spacial score (nSPS) is 11.7. The molecule has 96 valence electrons. The van der Waals surface area contributed by atoms with Crippen LogP contribution in [0.3, 0.4) is 0 Å². The molecular weight excluding hydrogens is 264 g/mol. The number of non-ortho nitro benzene ring substituents is 1. The van der Waals surface area contributed by atoms with Gasteiger partial charge in [-0.05, 0) is 13.0 Å². The van der Waals surface area contributed by atoms with Gasteiger partial charge in [0.25, 0.3) is 11.6 Å². The van der Waals surface area contributed by atoms with Crippen LogP contribution in [-0.4, -0.2) is 27.9 Å². The van der Waals surface area contributed by atoms with Crippen molar-refractivity contribution in [1.29, 1.82) is 0 Å². The standard InChI is InChI=1S/C10H9ClN2O5/c1-5(10(15)16)12-9(14)6-2-7(11)4-8(3-6)13(17)18/h2-5H,1H3,(H,12,14)(H,15,16)/t5-/m1/s1. The third-order valence-electron chi connectivity index (χ3n) is 2.07. The second-order valence-electron chi connectivity index (χ2n) is 3.49. The zero-order valence-electron chi connectivity index (χ0n) is 9.21. The predicted molar refractivity (Wildman–Crippen MR) is 62.7 cm³/mol. The van der Waals surface area contributed by atoms with E-state index in [0.29, 0.717) is 0 Å². The maximum atomic E-state index is 11.6. The van der Waals surface area contributed by atoms with Gasteiger partial charge in [0, 0.05) is 22.7 Å². The lowest BCUT2D eigenvalue weighted by Crippen LogP contribution is -2.38. The van der Waals surface area contributed by atoms with Gasteiger partial charge in [-0.25, -0.2) is 0 Å². The number of halogens is 1. The molecule has 1 aromatic carbocycles. The topological polar surface area (TPSA) is 110 Å². The summed E-state index contributed by atoms with van der Waals surface area (Å²) in [6, 6.07) is 2.24. The highest BCUT2D eigenvalue weighted by Crippen LogP contribution is 2.20. The minimum Gasteiger partial charge on any atom is -0.480 e. The summed E-state index contributed by atoms with van der Waals surface area (Å²) in [5.74, 6) is -1.95. The number of nitrogens with one attached hydrogen (secondary N) is 1. The Kier molecular flexibility index (Phi) is 4.22. The zero-order valence-corrected chi connectivity index (χ0v) is 9.97. The smallest absolute Gasteiger partial charge is 0.325 e. The first-order valence-electron chi connectivity index (χ1n) is 4.80. The van der Waals surface area contributed by atoms with E-state index in [4.69, 9.17) is 16.7 Å². The fourth-order valence-corrected chi connectivity index (χ4v) is 1.38. The number of amides is 1. The lowest BCUT2D eigenvalue weighted by molar-refractivity contribution is -0.384. The van der Waals surface area contributed by atoms with Crippen LogP contribution in [0.2, 0.25) is 5.02 Å². The Morgan fingerprint density at radius 3 is 2.56 bits per heavy atom. The first kappa shape index (κ1) is 13.9. The zero-order chi connectivity index (χ0) is 13.9. The molecule has 1 rings (SSSR count). The van der Waals surface area contributed by atoms with Crippen molar-refractivity contribution in [3.05, 3.63) is 38.9 Å². The second kappa shape index (κ2) is 5.46. The predicted octanol–water partition coefficient (Wildman–Crippen LogP) is 1.45. The minimum atomic E-state index is -1.21. The highest BCUT2D eigenvalue weighted by molar-refractivity contribution is 6.31. The van der Waals surface area contributed by atoms with E-state index in [2.05, 4.69) is 5.32 Å². The molecule has 0 spiro atoms. The van der Waals surface area contributed by atoms with Crippen molar-refractivity contribution in [1.82, 2.24) is 5.32 Å². The number of nitro groups is 1. The summed E-state index contributed by atoms with van der Waals surface area (Å²) in [5.41, 5.74) is -0.405. The first-order valence-corrected chi connectivity index (χ1v) is 5.17. The molecule has 18 heavy (non-hydrogen) atoms. The molecule has 0 saturated heterocycles. The number of carboxylic acids is 1. The largest absolute Gasteiger partial charge is 0.480 e. The van der Waals surface area contributed by atoms with E-state index in [1.807, 2.05) is 0 Å². The molecule has 1 amide bonds. The molecule has 0 aliphatic rings. The number of rotatable bonds is 4. The van der Waals surface area contributed by atoms with Crippen LogP contribution >= 0.6 is 11.6 Å². The Morgan fingerprint density at radius 2 is 2.06 bits per heavy atom. The van der Waals surface area contributed by atoms with Crippen LogP contribution in [0.15, 0.2) is 18.2 Å². The number of benzene rings is 1. The van der Waals surface area contributed by atoms with Crippen molar-refractivity contribution in [3.63, 3.8) is 0 Å². The summed E-state index contributed by atoms with van der Waals surface area (Å²) in [6.45, 7) is 1.28. The summed E-state index contributed by atoms with van der Waals surface area (Å²) in [5, 5.41) is 21.4. The lowest BCUT2D eigenvalue weighted by atomic mass is 10.2. The van der Waals surface area contributed by atoms with Crippen LogP contribution in [0.1, 0.15) is 17.3 Å². The average Bonchev–Trinajstić information content (AvgIpc) is 2.27. The van der Waals surface area contributed by atoms with Crippen LogP contribution in [0, 0.1) is 10.1 Å². The van der Waals surface area contributed by atoms with E-state index < -0.39 is 22.8 Å². The lowest BCUT2D eigenvalue weighted by Gasteiger charge is -2.09. The van der Waals surface area contributed by atoms with Crippen LogP contribution in [-0.2, 0) is 4.79 Å². The van der Waals surface area contributed by atoms with Gasteiger partial charge in [0.2, 0.25) is 0 Å². The summed E-state index contributed by atoms with van der Waals surface area (Å²) in [6.07, 6.45) is 0. The summed E-state index contributed by atoms with van der Waals surface area (Å²) < 4.78 is 0. The second-order valence-corrected chi connectivity index (χ2v) is 3.93. The highest BCUT2D eigenvalue weighted by atomic mass is 35.5. The molecule has 0 radical (unpaired) electrons. The van der Waals surface area contributed by atoms with E-state index in [-0.39, 0.29) is 16.3 Å². The molecule has 0 aliphatic heterocycles. The quantitative estimate of drug-likeness (QED) is 0.637. The van der Waals surface area contributed by atoms with Crippen molar-refractivity contribution < 1.29 is 19.6 Å². The highest BCUT2D eigenvalue weighted by Gasteiger charge is 2.18. The number of nitro benzene ring substituents is 1. The fourth-order valence-electron chi connectivity index (χ4n) is 1.15. The molecule has 0 saturated carbocycles. The summed E-state index contributed by atoms with van der Waals surface area (Å²) in [4.78, 5) is 32.1. The minimum absolute atomic E-state index is 0.0253. The van der Waals surface area contributed by atoms with E-state index in [1.54, 1.807) is 0 Å². The van der Waals surface area contributed by atoms with E-state index in [0.717, 1.165) is 12.1 Å². The van der Waals surface area contributed by atoms with Gasteiger partial charge in [-0.2, -0.15) is 0 Å². The van der Waals surface area contributed by atoms with E-state index in [1.165, 1.54) is 13.0 Å². The molecule has 2 N–H and O–H groups in total. The molecule has 0 unspecified atom stereocenters. The third-order valence-corrected chi connectivity index (χ3v) is 2.29. The molecule has 0 heterocycles. The van der Waals surface area contributed by atoms with Gasteiger partial charge in [-0.3, -0.25) is 19.7 Å². The number of aliphatic carboxylic acids is 1. The Morgan fingerprint density at radius 1 is 1.44 bits per heavy atom. The van der Waals surface area contributed by atoms with Gasteiger partial charge in [-0.15, -0.1) is 0 Å². The Labute approximate surface area is 107 Å². The van der Waals surface area contributed by atoms with Crippen molar-refractivity contribution in [3.8, 4) is 0 Å². The van der Waals surface area contributed by atoms with E-state index in [9.17, 15) is 19.7 Å². The first-order chi connectivity index (χ1) is 8.31. The number of carbonyl (C=O) groups excluding carboxylic acids is 1. The van der Waals surface area contributed by atoms with Crippen LogP contribution in [0.25, 0.3) is 0 Å². The Balaban J connectivity index is 2.99. The molecule has 1 aromatic rings. The number of hydrogen-bond acceptors (Lipinski definition) is 4. The number of carbonyl (C=O) groups is 2. The van der Waals surface area contributed by atoms with Crippen LogP contribution in [0.5, 0.6) is 0 Å². The number of nitrogens with zero attached hydrogens (tertiary/aromatic N) is 1. The third kappa shape index (κ3) is 3.42. The molecule has 8 heteroatoms. The Bertz CT molecular complexity index is 517. The van der Waals surface area contributed by atoms with Gasteiger partial charge >= 0.3 is 5.97 Å². The SMILES string of the molecule is C[C@@H](NC(=O)c1cc(Cl)cc([N+](=O)[O-])c1)C(=O)O. The van der Waals surface area contributed by atoms with Crippen molar-refractivity contribution >= 4 is 29.2 Å². The van der Waals surface area contributed by atoms with Gasteiger partial charge in [0.15, 0.2) is 0 Å². The van der Waals surface area contributed by atoms with Gasteiger partial charge < -0.3 is 10.4 Å². The van der Waals surface area contributed by atoms with Crippen molar-refractivity contribution in [2.75, 3.05) is 0 Å². The molecule has 1 atom stereocenters. The van der Waals surface area contributed by atoms with Gasteiger partial charge in [-0.1, -0.05) is 11.6 Å². The Hall–Kier alpha value is -2.15. The van der Waals surface area contributed by atoms with Crippen molar-refractivity contribution in [2.24, 2.45) is 0 Å². The molecular formula is C10H9ClN2O5. The van der Waals surface area contributed by atoms with Crippen LogP contribution in [0.4, 0.5) is 5.69 Å². The van der Waals surface area contributed by atoms with Crippen LogP contribution < -0.4 is 5.32 Å². The molecule has 7 nitrogen and oxygen atoms in total. The fraction of sp³-hybridized carbons (Fsp3) is 0.200. The molecule has 0 bridgehead atoms. The molecule has 0 aliphatic carbocycles. The summed E-state index contributed by atoms with van der Waals surface area (Å²) in [7, 11) is 0. The molecule has 0 fully saturated rings. The number of hydrogen-bond donors (Lipinski definition) is 2. The van der Waals surface area contributed by atoms with Crippen molar-refractivity contribution in [2.45, 2.75) is 13.0 Å². The maximum Gasteiger partial charge on any atom is 0.325 e. The van der Waals surface area contributed by atoms with Gasteiger partial charge in [0.05, 0.1) is 4.92 Å². The van der Waals surface area contributed by atoms with E-state index >= 15 is 0 Å². The summed E-state index contributed by atoms with van der Waals surface area (Å²) >= 11 is 5.64. The maximum absolute atomic E-state index is 11.6. The van der Waals surface area contributed by atoms with Gasteiger partial charge in [0.1, 0.15) is 6.04 Å². The monoisotopic (exact) mass is 272 g/mol.